The molecule has 0 saturated carbocycles. The molecule has 0 fully saturated rings. The molecule has 6 heteroatoms. The molecule has 3 rings (SSSR count). The van der Waals surface area contributed by atoms with Gasteiger partial charge in [-0.05, 0) is 43.5 Å². The lowest BCUT2D eigenvalue weighted by atomic mass is 10.1. The number of rotatable bonds is 5. The van der Waals surface area contributed by atoms with Gasteiger partial charge in [-0.2, -0.15) is 5.10 Å². The van der Waals surface area contributed by atoms with Crippen molar-refractivity contribution in [2.75, 3.05) is 6.54 Å². The number of benzene rings is 2. The molecule has 1 aromatic heterocycles. The van der Waals surface area contributed by atoms with Crippen LogP contribution in [0.1, 0.15) is 27.3 Å². The number of aryl methyl sites for hydroxylation is 2. The highest BCUT2D eigenvalue weighted by Gasteiger charge is 2.16. The minimum absolute atomic E-state index is 0.148. The summed E-state index contributed by atoms with van der Waals surface area (Å²) in [6.45, 7) is 4.20. The first kappa shape index (κ1) is 18.9. The average Bonchev–Trinajstić information content (AvgIpc) is 2.64. The van der Waals surface area contributed by atoms with Gasteiger partial charge < -0.3 is 5.32 Å². The number of hydrogen-bond acceptors (Lipinski definition) is 3. The lowest BCUT2D eigenvalue weighted by Crippen LogP contribution is -2.33. The molecule has 0 saturated heterocycles. The Hall–Kier alpha value is -2.92. The number of hydrogen-bond donors (Lipinski definition) is 1. The van der Waals surface area contributed by atoms with Crippen LogP contribution >= 0.6 is 11.6 Å². The number of halogens is 1. The molecule has 0 unspecified atom stereocenters. The van der Waals surface area contributed by atoms with Gasteiger partial charge in [0.2, 0.25) is 5.43 Å². The first-order valence-electron chi connectivity index (χ1n) is 8.66. The second-order valence-electron chi connectivity index (χ2n) is 6.29. The first-order chi connectivity index (χ1) is 13.0. The van der Waals surface area contributed by atoms with E-state index in [4.69, 9.17) is 11.6 Å². The summed E-state index contributed by atoms with van der Waals surface area (Å²) in [5.41, 5.74) is 2.98. The van der Waals surface area contributed by atoms with Crippen LogP contribution in [0.2, 0.25) is 5.02 Å². The minimum Gasteiger partial charge on any atom is -0.350 e. The number of aromatic nitrogens is 2. The van der Waals surface area contributed by atoms with Crippen LogP contribution in [-0.2, 0) is 6.42 Å². The van der Waals surface area contributed by atoms with E-state index in [1.54, 1.807) is 19.1 Å². The zero-order valence-corrected chi connectivity index (χ0v) is 16.0. The lowest BCUT2D eigenvalue weighted by Gasteiger charge is -2.12. The lowest BCUT2D eigenvalue weighted by molar-refractivity contribution is 0.0946. The molecule has 0 radical (unpaired) electrons. The van der Waals surface area contributed by atoms with Crippen molar-refractivity contribution in [3.63, 3.8) is 0 Å². The molecule has 1 N–H and O–H groups in total. The fourth-order valence-electron chi connectivity index (χ4n) is 2.86. The molecule has 1 heterocycles. The Balaban J connectivity index is 1.81. The van der Waals surface area contributed by atoms with Crippen LogP contribution < -0.4 is 10.7 Å². The van der Waals surface area contributed by atoms with Gasteiger partial charge in [0.25, 0.3) is 5.91 Å². The zero-order valence-electron chi connectivity index (χ0n) is 15.2. The van der Waals surface area contributed by atoms with Crippen LogP contribution in [0.5, 0.6) is 0 Å². The second-order valence-corrected chi connectivity index (χ2v) is 6.70. The average molecular weight is 382 g/mol. The number of carbonyl (C=O) groups is 1. The molecule has 5 nitrogen and oxygen atoms in total. The Labute approximate surface area is 162 Å². The summed E-state index contributed by atoms with van der Waals surface area (Å²) in [5, 5.41) is 7.52. The first-order valence-corrected chi connectivity index (χ1v) is 9.04. The number of carbonyl (C=O) groups excluding carboxylic acids is 1. The van der Waals surface area contributed by atoms with Crippen molar-refractivity contribution in [3.8, 4) is 5.69 Å². The molecule has 0 aliphatic heterocycles. The summed E-state index contributed by atoms with van der Waals surface area (Å²) in [7, 11) is 0. The van der Waals surface area contributed by atoms with Gasteiger partial charge in [-0.1, -0.05) is 48.0 Å². The Morgan fingerprint density at radius 1 is 1.11 bits per heavy atom. The number of amides is 1. The number of nitrogens with zero attached hydrogens (tertiary/aromatic N) is 2. The van der Waals surface area contributed by atoms with E-state index in [-0.39, 0.29) is 5.69 Å². The Morgan fingerprint density at radius 2 is 1.81 bits per heavy atom. The standard InChI is InChI=1S/C21H20ClN3O2/c1-14-7-3-4-8-16(14)11-12-23-21(27)20-19(26)13-15(2)25(24-20)18-10-6-5-9-17(18)22/h3-10,13H,11-12H2,1-2H3,(H,23,27). The molecule has 0 aliphatic carbocycles. The Kier molecular flexibility index (Phi) is 5.72. The van der Waals surface area contributed by atoms with Crippen LogP contribution in [0.3, 0.4) is 0 Å². The van der Waals surface area contributed by atoms with E-state index in [1.807, 2.05) is 43.3 Å². The predicted octanol–water partition coefficient (Wildman–Crippen LogP) is 3.48. The third-order valence-electron chi connectivity index (χ3n) is 4.34. The molecule has 3 aromatic rings. The molecule has 2 aromatic carbocycles. The van der Waals surface area contributed by atoms with Crippen molar-refractivity contribution in [3.05, 3.63) is 92.4 Å². The monoisotopic (exact) mass is 381 g/mol. The number of para-hydroxylation sites is 1. The third kappa shape index (κ3) is 4.26. The summed E-state index contributed by atoms with van der Waals surface area (Å²) in [6.07, 6.45) is 0.684. The summed E-state index contributed by atoms with van der Waals surface area (Å²) in [4.78, 5) is 24.8. The fraction of sp³-hybridized carbons (Fsp3) is 0.190. The van der Waals surface area contributed by atoms with Crippen LogP contribution in [0.4, 0.5) is 0 Å². The topological polar surface area (TPSA) is 64.0 Å². The molecule has 27 heavy (non-hydrogen) atoms. The van der Waals surface area contributed by atoms with Crippen molar-refractivity contribution in [1.29, 1.82) is 0 Å². The molecule has 0 atom stereocenters. The molecular formula is C21H20ClN3O2. The number of nitrogens with one attached hydrogen (secondary N) is 1. The van der Waals surface area contributed by atoms with E-state index in [1.165, 1.54) is 16.3 Å². The predicted molar refractivity (Wildman–Crippen MR) is 107 cm³/mol. The third-order valence-corrected chi connectivity index (χ3v) is 4.66. The second kappa shape index (κ2) is 8.18. The van der Waals surface area contributed by atoms with Crippen molar-refractivity contribution < 1.29 is 4.79 Å². The molecular weight excluding hydrogens is 362 g/mol. The van der Waals surface area contributed by atoms with Crippen molar-refractivity contribution in [1.82, 2.24) is 15.1 Å². The van der Waals surface area contributed by atoms with Crippen molar-refractivity contribution >= 4 is 17.5 Å². The van der Waals surface area contributed by atoms with Crippen molar-refractivity contribution in [2.24, 2.45) is 0 Å². The maximum atomic E-state index is 12.5. The maximum Gasteiger partial charge on any atom is 0.275 e. The highest BCUT2D eigenvalue weighted by molar-refractivity contribution is 6.32. The van der Waals surface area contributed by atoms with Crippen LogP contribution in [0.15, 0.2) is 59.4 Å². The normalized spacial score (nSPS) is 10.6. The summed E-state index contributed by atoms with van der Waals surface area (Å²) in [5.74, 6) is -0.491. The van der Waals surface area contributed by atoms with Crippen LogP contribution in [0, 0.1) is 13.8 Å². The van der Waals surface area contributed by atoms with Gasteiger partial charge in [0.1, 0.15) is 0 Å². The summed E-state index contributed by atoms with van der Waals surface area (Å²) >= 11 is 6.23. The fourth-order valence-corrected chi connectivity index (χ4v) is 3.07. The summed E-state index contributed by atoms with van der Waals surface area (Å²) in [6, 6.07) is 16.5. The Morgan fingerprint density at radius 3 is 2.56 bits per heavy atom. The summed E-state index contributed by atoms with van der Waals surface area (Å²) < 4.78 is 1.51. The van der Waals surface area contributed by atoms with Gasteiger partial charge in [-0.25, -0.2) is 4.68 Å². The molecule has 1 amide bonds. The van der Waals surface area contributed by atoms with Crippen LogP contribution in [-0.4, -0.2) is 22.2 Å². The molecule has 138 valence electrons. The van der Waals surface area contributed by atoms with Gasteiger partial charge in [0.05, 0.1) is 10.7 Å². The van der Waals surface area contributed by atoms with E-state index in [0.717, 1.165) is 5.56 Å². The molecule has 0 spiro atoms. The van der Waals surface area contributed by atoms with Crippen molar-refractivity contribution in [2.45, 2.75) is 20.3 Å². The van der Waals surface area contributed by atoms with Gasteiger partial charge in [-0.3, -0.25) is 9.59 Å². The van der Waals surface area contributed by atoms with Gasteiger partial charge >= 0.3 is 0 Å². The minimum atomic E-state index is -0.491. The highest BCUT2D eigenvalue weighted by Crippen LogP contribution is 2.19. The molecule has 0 bridgehead atoms. The van der Waals surface area contributed by atoms with Gasteiger partial charge in [0.15, 0.2) is 5.69 Å². The van der Waals surface area contributed by atoms with Gasteiger partial charge in [-0.15, -0.1) is 0 Å². The van der Waals surface area contributed by atoms with E-state index in [0.29, 0.717) is 29.4 Å². The van der Waals surface area contributed by atoms with E-state index >= 15 is 0 Å². The van der Waals surface area contributed by atoms with E-state index < -0.39 is 11.3 Å². The highest BCUT2D eigenvalue weighted by atomic mass is 35.5. The van der Waals surface area contributed by atoms with E-state index in [9.17, 15) is 9.59 Å². The van der Waals surface area contributed by atoms with Crippen LogP contribution in [0.25, 0.3) is 5.69 Å². The quantitative estimate of drug-likeness (QED) is 0.736. The SMILES string of the molecule is Cc1ccccc1CCNC(=O)c1nn(-c2ccccc2Cl)c(C)cc1=O. The largest absolute Gasteiger partial charge is 0.350 e. The zero-order chi connectivity index (χ0) is 19.4. The van der Waals surface area contributed by atoms with Gasteiger partial charge in [0, 0.05) is 18.3 Å². The maximum absolute atomic E-state index is 12.5. The Bertz CT molecular complexity index is 1040. The molecule has 0 aliphatic rings. The van der Waals surface area contributed by atoms with E-state index in [2.05, 4.69) is 10.4 Å². The smallest absolute Gasteiger partial charge is 0.275 e.